The molecule has 0 N–H and O–H groups in total. The number of benzene rings is 1. The van der Waals surface area contributed by atoms with E-state index in [1.807, 2.05) is 0 Å². The van der Waals surface area contributed by atoms with Crippen molar-refractivity contribution in [3.8, 4) is 0 Å². The van der Waals surface area contributed by atoms with Gasteiger partial charge in [-0.15, -0.1) is 0 Å². The molecule has 1 heterocycles. The second-order valence-electron chi connectivity index (χ2n) is 9.85. The van der Waals surface area contributed by atoms with Gasteiger partial charge in [-0.2, -0.15) is 0 Å². The number of hydrogen-bond acceptors (Lipinski definition) is 2. The minimum absolute atomic E-state index is 0.171. The fourth-order valence-electron chi connectivity index (χ4n) is 5.71. The van der Waals surface area contributed by atoms with E-state index in [0.717, 1.165) is 0 Å². The third kappa shape index (κ3) is 3.26. The largest absolute Gasteiger partial charge is 0.329 e. The van der Waals surface area contributed by atoms with Gasteiger partial charge in [0.25, 0.3) is 6.85 Å². The van der Waals surface area contributed by atoms with Crippen LogP contribution in [0.4, 0.5) is 0 Å². The summed E-state index contributed by atoms with van der Waals surface area (Å²) in [6.45, 7) is 28.7. The first-order chi connectivity index (χ1) is 11.8. The summed E-state index contributed by atoms with van der Waals surface area (Å²) in [7, 11) is 0. The van der Waals surface area contributed by atoms with E-state index in [4.69, 9.17) is 0 Å². The van der Waals surface area contributed by atoms with Crippen molar-refractivity contribution in [2.45, 2.75) is 113 Å². The van der Waals surface area contributed by atoms with Gasteiger partial charge in [-0.05, 0) is 86.4 Å². The van der Waals surface area contributed by atoms with Gasteiger partial charge in [-0.3, -0.25) is 4.90 Å². The second-order valence-corrected chi connectivity index (χ2v) is 9.85. The first kappa shape index (κ1) is 21.5. The fourth-order valence-corrected chi connectivity index (χ4v) is 5.71. The monoisotopic (exact) mass is 356 g/mol. The van der Waals surface area contributed by atoms with E-state index in [1.165, 1.54) is 22.3 Å². The molecule has 1 aliphatic heterocycles. The van der Waals surface area contributed by atoms with Crippen molar-refractivity contribution in [2.75, 3.05) is 0 Å². The predicted octanol–water partition coefficient (Wildman–Crippen LogP) is 4.65. The van der Waals surface area contributed by atoms with Crippen LogP contribution in [-0.2, 0) is 0 Å². The summed E-state index contributed by atoms with van der Waals surface area (Å²) < 4.78 is 0. The zero-order valence-electron chi connectivity index (χ0n) is 19.4. The Bertz CT molecular complexity index is 626. The molecule has 2 rings (SSSR count). The maximum atomic E-state index is 2.75. The zero-order chi connectivity index (χ0) is 20.1. The fraction of sp³-hybridized carbons (Fsp3) is 0.739. The lowest BCUT2D eigenvalue weighted by Gasteiger charge is -2.66. The molecule has 0 spiro atoms. The van der Waals surface area contributed by atoms with Gasteiger partial charge in [-0.25, -0.2) is 0 Å². The molecular weight excluding hydrogens is 315 g/mol. The molecule has 0 amide bonds. The van der Waals surface area contributed by atoms with Crippen LogP contribution in [0, 0.1) is 27.7 Å². The Balaban J connectivity index is 2.70. The number of nitrogens with zero attached hydrogens (tertiary/aromatic N) is 2. The summed E-state index contributed by atoms with van der Waals surface area (Å²) in [5, 5.41) is 0. The second kappa shape index (κ2) is 7.32. The van der Waals surface area contributed by atoms with Crippen LogP contribution in [0.5, 0.6) is 0 Å². The molecule has 1 fully saturated rings. The van der Waals surface area contributed by atoms with E-state index in [1.54, 1.807) is 5.46 Å². The van der Waals surface area contributed by atoms with Crippen molar-refractivity contribution in [1.82, 2.24) is 9.71 Å². The van der Waals surface area contributed by atoms with Gasteiger partial charge in [0.15, 0.2) is 0 Å². The van der Waals surface area contributed by atoms with Crippen molar-refractivity contribution in [3.05, 3.63) is 28.3 Å². The molecule has 0 saturated carbocycles. The standard InChI is InChI=1S/C23H41BN2/c1-14(2)25(15(3)4)22-23(11,12)26(16(5)6)24(22)21-19(9)17(7)13-18(8)20(21)10/h13-16,22H,1-12H3/t22-/m0/s1. The van der Waals surface area contributed by atoms with Gasteiger partial charge in [0, 0.05) is 23.6 Å². The van der Waals surface area contributed by atoms with Gasteiger partial charge < -0.3 is 4.81 Å². The van der Waals surface area contributed by atoms with E-state index >= 15 is 0 Å². The van der Waals surface area contributed by atoms with E-state index in [9.17, 15) is 0 Å². The highest BCUT2D eigenvalue weighted by Crippen LogP contribution is 2.41. The summed E-state index contributed by atoms with van der Waals surface area (Å²) in [4.78, 5) is 5.50. The molecule has 1 saturated heterocycles. The Morgan fingerprint density at radius 1 is 0.885 bits per heavy atom. The molecule has 26 heavy (non-hydrogen) atoms. The predicted molar refractivity (Wildman–Crippen MR) is 118 cm³/mol. The van der Waals surface area contributed by atoms with Gasteiger partial charge in [0.1, 0.15) is 0 Å². The molecule has 0 radical (unpaired) electrons. The Morgan fingerprint density at radius 2 is 1.31 bits per heavy atom. The average Bonchev–Trinajstić information content (AvgIpc) is 2.48. The van der Waals surface area contributed by atoms with E-state index in [-0.39, 0.29) is 5.54 Å². The van der Waals surface area contributed by atoms with E-state index in [0.29, 0.717) is 30.9 Å². The van der Waals surface area contributed by atoms with Crippen molar-refractivity contribution in [3.63, 3.8) is 0 Å². The third-order valence-corrected chi connectivity index (χ3v) is 6.78. The zero-order valence-corrected chi connectivity index (χ0v) is 19.4. The molecule has 0 aromatic heterocycles. The Morgan fingerprint density at radius 3 is 1.65 bits per heavy atom. The lowest BCUT2D eigenvalue weighted by atomic mass is 9.33. The smallest absolute Gasteiger partial charge is 0.278 e. The van der Waals surface area contributed by atoms with Crippen LogP contribution in [-0.4, -0.2) is 46.2 Å². The van der Waals surface area contributed by atoms with Gasteiger partial charge in [0.2, 0.25) is 0 Å². The lowest BCUT2D eigenvalue weighted by molar-refractivity contribution is 0.00104. The first-order valence-corrected chi connectivity index (χ1v) is 10.5. The molecule has 146 valence electrons. The van der Waals surface area contributed by atoms with Crippen LogP contribution in [0.1, 0.15) is 77.6 Å². The molecule has 2 nitrogen and oxygen atoms in total. The van der Waals surface area contributed by atoms with Crippen molar-refractivity contribution < 1.29 is 0 Å². The maximum absolute atomic E-state index is 2.75. The van der Waals surface area contributed by atoms with Crippen molar-refractivity contribution in [2.24, 2.45) is 0 Å². The molecule has 3 heteroatoms. The average molecular weight is 356 g/mol. The highest BCUT2D eigenvalue weighted by molar-refractivity contribution is 6.76. The number of hydrogen-bond donors (Lipinski definition) is 0. The molecule has 1 aromatic carbocycles. The maximum Gasteiger partial charge on any atom is 0.278 e. The first-order valence-electron chi connectivity index (χ1n) is 10.5. The lowest BCUT2D eigenvalue weighted by Crippen LogP contribution is -2.87. The number of aryl methyl sites for hydroxylation is 2. The van der Waals surface area contributed by atoms with E-state index < -0.39 is 0 Å². The van der Waals surface area contributed by atoms with E-state index in [2.05, 4.69) is 98.9 Å². The molecule has 1 aromatic rings. The SMILES string of the molecule is Cc1cc(C)c(C)c(B2[C@@H](N(C(C)C)C(C)C)C(C)(C)N2C(C)C)c1C. The topological polar surface area (TPSA) is 6.48 Å². The summed E-state index contributed by atoms with van der Waals surface area (Å²) in [6, 6.07) is 3.98. The highest BCUT2D eigenvalue weighted by Gasteiger charge is 2.61. The highest BCUT2D eigenvalue weighted by atomic mass is 15.3. The van der Waals surface area contributed by atoms with Gasteiger partial charge in [0.05, 0.1) is 0 Å². The third-order valence-electron chi connectivity index (χ3n) is 6.78. The van der Waals surface area contributed by atoms with Crippen LogP contribution in [0.3, 0.4) is 0 Å². The molecule has 0 aliphatic carbocycles. The summed E-state index contributed by atoms with van der Waals surface area (Å²) in [6.07, 6.45) is 0. The van der Waals surface area contributed by atoms with Crippen molar-refractivity contribution in [1.29, 1.82) is 0 Å². The van der Waals surface area contributed by atoms with Crippen LogP contribution in [0.15, 0.2) is 6.07 Å². The van der Waals surface area contributed by atoms with Crippen LogP contribution < -0.4 is 5.46 Å². The Hall–Kier alpha value is -0.795. The summed E-state index contributed by atoms with van der Waals surface area (Å²) >= 11 is 0. The quantitative estimate of drug-likeness (QED) is 0.709. The molecule has 1 aliphatic rings. The number of rotatable bonds is 5. The minimum atomic E-state index is 0.171. The summed E-state index contributed by atoms with van der Waals surface area (Å²) in [5.41, 5.74) is 7.57. The normalized spacial score (nSPS) is 20.6. The summed E-state index contributed by atoms with van der Waals surface area (Å²) in [5.74, 6) is 0.531. The molecule has 0 unspecified atom stereocenters. The molecular formula is C23H41BN2. The van der Waals surface area contributed by atoms with Crippen LogP contribution >= 0.6 is 0 Å². The minimum Gasteiger partial charge on any atom is -0.329 e. The molecule has 0 bridgehead atoms. The van der Waals surface area contributed by atoms with Gasteiger partial charge in [-0.1, -0.05) is 36.5 Å². The van der Waals surface area contributed by atoms with Crippen LogP contribution in [0.2, 0.25) is 0 Å². The molecule has 1 atom stereocenters. The Kier molecular flexibility index (Phi) is 6.05. The van der Waals surface area contributed by atoms with Gasteiger partial charge >= 0.3 is 0 Å². The van der Waals surface area contributed by atoms with Crippen LogP contribution in [0.25, 0.3) is 0 Å². The van der Waals surface area contributed by atoms with Crippen molar-refractivity contribution >= 4 is 12.3 Å². The Labute approximate surface area is 163 Å².